The first-order valence-corrected chi connectivity index (χ1v) is 8.71. The van der Waals surface area contributed by atoms with Gasteiger partial charge in [-0.3, -0.25) is 4.79 Å². The predicted molar refractivity (Wildman–Crippen MR) is 94.6 cm³/mol. The molecule has 2 aromatic heterocycles. The average Bonchev–Trinajstić information content (AvgIpc) is 3.34. The van der Waals surface area contributed by atoms with E-state index in [9.17, 15) is 4.79 Å². The average molecular weight is 339 g/mol. The number of imidazole rings is 1. The zero-order valence-corrected chi connectivity index (χ0v) is 14.0. The summed E-state index contributed by atoms with van der Waals surface area (Å²) < 4.78 is 5.38. The van der Waals surface area contributed by atoms with Crippen molar-refractivity contribution >= 4 is 22.9 Å². The highest BCUT2D eigenvalue weighted by Gasteiger charge is 2.34. The summed E-state index contributed by atoms with van der Waals surface area (Å²) in [6, 6.07) is 9.67. The van der Waals surface area contributed by atoms with Gasteiger partial charge in [0.05, 0.1) is 24.7 Å². The summed E-state index contributed by atoms with van der Waals surface area (Å²) in [5, 5.41) is 4.12. The summed E-state index contributed by atoms with van der Waals surface area (Å²) in [6.45, 7) is 0.607. The normalized spacial score (nSPS) is 17.5. The second kappa shape index (κ2) is 6.13. The van der Waals surface area contributed by atoms with Gasteiger partial charge >= 0.3 is 0 Å². The number of rotatable bonds is 4. The third-order valence-corrected chi connectivity index (χ3v) is 5.00. The third-order valence-electron chi connectivity index (χ3n) is 4.32. The van der Waals surface area contributed by atoms with E-state index in [1.807, 2.05) is 35.8 Å². The summed E-state index contributed by atoms with van der Waals surface area (Å²) in [7, 11) is 1.62. The number of para-hydroxylation sites is 2. The van der Waals surface area contributed by atoms with Crippen LogP contribution in [0.5, 0.6) is 5.75 Å². The van der Waals surface area contributed by atoms with Gasteiger partial charge in [-0.15, -0.1) is 0 Å². The number of thiophene rings is 1. The van der Waals surface area contributed by atoms with Gasteiger partial charge in [0, 0.05) is 29.8 Å². The quantitative estimate of drug-likeness (QED) is 0.789. The number of methoxy groups -OCH3 is 1. The highest BCUT2D eigenvalue weighted by atomic mass is 32.1. The molecular weight excluding hydrogens is 322 g/mol. The van der Waals surface area contributed by atoms with Gasteiger partial charge in [0.1, 0.15) is 11.6 Å². The number of ether oxygens (including phenoxy) is 1. The Labute approximate surface area is 143 Å². The van der Waals surface area contributed by atoms with Crippen molar-refractivity contribution in [2.45, 2.75) is 12.3 Å². The molecule has 1 fully saturated rings. The van der Waals surface area contributed by atoms with Crippen LogP contribution in [-0.2, 0) is 4.79 Å². The molecule has 3 heterocycles. The Bertz CT molecular complexity index is 857. The number of H-pyrrole nitrogens is 1. The molecule has 122 valence electrons. The summed E-state index contributed by atoms with van der Waals surface area (Å²) in [5.74, 6) is 1.74. The number of benzene rings is 1. The number of anilines is 1. The van der Waals surface area contributed by atoms with E-state index in [1.165, 1.54) is 0 Å². The number of nitrogens with one attached hydrogen (secondary N) is 1. The van der Waals surface area contributed by atoms with Gasteiger partial charge in [0.15, 0.2) is 0 Å². The smallest absolute Gasteiger partial charge is 0.227 e. The lowest BCUT2D eigenvalue weighted by Gasteiger charge is -2.19. The van der Waals surface area contributed by atoms with Crippen molar-refractivity contribution < 1.29 is 9.53 Å². The van der Waals surface area contributed by atoms with Gasteiger partial charge in [-0.25, -0.2) is 4.98 Å². The minimum atomic E-state index is 0.0646. The number of hydrogen-bond acceptors (Lipinski definition) is 4. The Hall–Kier alpha value is -2.60. The van der Waals surface area contributed by atoms with Crippen molar-refractivity contribution in [1.82, 2.24) is 9.97 Å². The van der Waals surface area contributed by atoms with E-state index in [-0.39, 0.29) is 11.8 Å². The third kappa shape index (κ3) is 2.59. The zero-order valence-electron chi connectivity index (χ0n) is 13.2. The molecule has 5 nitrogen and oxygen atoms in total. The molecule has 1 amide bonds. The number of aromatic nitrogens is 2. The topological polar surface area (TPSA) is 58.2 Å². The first-order chi connectivity index (χ1) is 11.8. The molecule has 1 unspecified atom stereocenters. The fourth-order valence-electron chi connectivity index (χ4n) is 3.08. The molecule has 24 heavy (non-hydrogen) atoms. The van der Waals surface area contributed by atoms with Crippen LogP contribution in [0.25, 0.3) is 11.3 Å². The molecule has 0 spiro atoms. The van der Waals surface area contributed by atoms with Gasteiger partial charge in [-0.1, -0.05) is 12.1 Å². The van der Waals surface area contributed by atoms with Crippen LogP contribution in [0.3, 0.4) is 0 Å². The van der Waals surface area contributed by atoms with Crippen molar-refractivity contribution in [3.63, 3.8) is 0 Å². The Morgan fingerprint density at radius 1 is 1.33 bits per heavy atom. The van der Waals surface area contributed by atoms with Crippen molar-refractivity contribution in [2.24, 2.45) is 0 Å². The summed E-state index contributed by atoms with van der Waals surface area (Å²) >= 11 is 1.65. The minimum Gasteiger partial charge on any atom is -0.495 e. The van der Waals surface area contributed by atoms with Gasteiger partial charge in [0.25, 0.3) is 0 Å². The van der Waals surface area contributed by atoms with Crippen LogP contribution < -0.4 is 9.64 Å². The second-order valence-electron chi connectivity index (χ2n) is 5.77. The maximum Gasteiger partial charge on any atom is 0.227 e. The van der Waals surface area contributed by atoms with Crippen LogP contribution in [0.15, 0.2) is 47.3 Å². The Kier molecular flexibility index (Phi) is 3.82. The second-order valence-corrected chi connectivity index (χ2v) is 6.55. The molecule has 1 atom stereocenters. The molecule has 1 N–H and O–H groups in total. The molecule has 1 aliphatic heterocycles. The van der Waals surface area contributed by atoms with Gasteiger partial charge in [-0.05, 0) is 23.6 Å². The number of hydrogen-bond donors (Lipinski definition) is 1. The van der Waals surface area contributed by atoms with Crippen LogP contribution in [0.2, 0.25) is 0 Å². The Morgan fingerprint density at radius 3 is 3.00 bits per heavy atom. The predicted octanol–water partition coefficient (Wildman–Crippen LogP) is 3.67. The van der Waals surface area contributed by atoms with E-state index in [1.54, 1.807) is 23.3 Å². The van der Waals surface area contributed by atoms with Crippen LogP contribution >= 0.6 is 11.3 Å². The summed E-state index contributed by atoms with van der Waals surface area (Å²) in [4.78, 5) is 22.1. The van der Waals surface area contributed by atoms with Gasteiger partial charge < -0.3 is 14.6 Å². The maximum atomic E-state index is 12.5. The molecule has 6 heteroatoms. The molecule has 1 aliphatic rings. The van der Waals surface area contributed by atoms with E-state index in [2.05, 4.69) is 21.4 Å². The van der Waals surface area contributed by atoms with Crippen molar-refractivity contribution in [3.05, 3.63) is 53.1 Å². The molecule has 1 aromatic carbocycles. The minimum absolute atomic E-state index is 0.0646. The molecule has 0 bridgehead atoms. The number of aromatic amines is 1. The standard InChI is InChI=1S/C18H17N3O2S/c1-23-16-5-3-2-4-15(16)21-10-13(8-17(21)22)18-19-9-14(20-18)12-6-7-24-11-12/h2-7,9,11,13H,8,10H2,1H3,(H,19,20). The molecule has 0 radical (unpaired) electrons. The maximum absolute atomic E-state index is 12.5. The van der Waals surface area contributed by atoms with Gasteiger partial charge in [-0.2, -0.15) is 11.3 Å². The fourth-order valence-corrected chi connectivity index (χ4v) is 3.74. The largest absolute Gasteiger partial charge is 0.495 e. The zero-order chi connectivity index (χ0) is 16.5. The molecular formula is C18H17N3O2S. The van der Waals surface area contributed by atoms with Crippen LogP contribution in [0.1, 0.15) is 18.2 Å². The van der Waals surface area contributed by atoms with E-state index in [0.29, 0.717) is 18.7 Å². The highest BCUT2D eigenvalue weighted by molar-refractivity contribution is 7.08. The number of carbonyl (C=O) groups is 1. The van der Waals surface area contributed by atoms with E-state index >= 15 is 0 Å². The van der Waals surface area contributed by atoms with E-state index < -0.39 is 0 Å². The molecule has 1 saturated heterocycles. The van der Waals surface area contributed by atoms with Crippen LogP contribution in [0.4, 0.5) is 5.69 Å². The number of nitrogens with zero attached hydrogens (tertiary/aromatic N) is 2. The van der Waals surface area contributed by atoms with Crippen molar-refractivity contribution in [1.29, 1.82) is 0 Å². The van der Waals surface area contributed by atoms with Gasteiger partial charge in [0.2, 0.25) is 5.91 Å². The SMILES string of the molecule is COc1ccccc1N1CC(c2ncc(-c3ccsc3)[nH]2)CC1=O. The van der Waals surface area contributed by atoms with Crippen molar-refractivity contribution in [3.8, 4) is 17.0 Å². The lowest BCUT2D eigenvalue weighted by molar-refractivity contribution is -0.117. The first-order valence-electron chi connectivity index (χ1n) is 7.77. The highest BCUT2D eigenvalue weighted by Crippen LogP contribution is 2.36. The lowest BCUT2D eigenvalue weighted by Crippen LogP contribution is -2.24. The summed E-state index contributed by atoms with van der Waals surface area (Å²) in [5.41, 5.74) is 2.94. The molecule has 0 aliphatic carbocycles. The molecule has 3 aromatic rings. The monoisotopic (exact) mass is 339 g/mol. The number of carbonyl (C=O) groups excluding carboxylic acids is 1. The van der Waals surface area contributed by atoms with Crippen molar-refractivity contribution in [2.75, 3.05) is 18.6 Å². The fraction of sp³-hybridized carbons (Fsp3) is 0.222. The van der Waals surface area contributed by atoms with Crippen LogP contribution in [-0.4, -0.2) is 29.5 Å². The van der Waals surface area contributed by atoms with Crippen LogP contribution in [0, 0.1) is 0 Å². The van der Waals surface area contributed by atoms with E-state index in [0.717, 1.165) is 22.8 Å². The first kappa shape index (κ1) is 15.0. The molecule has 4 rings (SSSR count). The molecule has 0 saturated carbocycles. The Morgan fingerprint density at radius 2 is 2.21 bits per heavy atom. The lowest BCUT2D eigenvalue weighted by atomic mass is 10.1. The summed E-state index contributed by atoms with van der Waals surface area (Å²) in [6.07, 6.45) is 2.29. The van der Waals surface area contributed by atoms with E-state index in [4.69, 9.17) is 4.74 Å². The Balaban J connectivity index is 1.58. The number of amides is 1.